The minimum atomic E-state index is -4.54. The third kappa shape index (κ3) is 5.95. The second-order valence-corrected chi connectivity index (χ2v) is 8.23. The van der Waals surface area contributed by atoms with Crippen LogP contribution in [0.5, 0.6) is 0 Å². The number of hydrogen-bond donors (Lipinski definition) is 3. The number of ether oxygens (including phenoxy) is 1. The standard InChI is InChI=1S/C23H25F3N6O3/c1-14-10-27-22(29-17-5-7-35-8-6-17)31-20(14)32-11-18(28-13-32)21(34)30-19(12-33)15-3-2-4-16(9-15)23(24,25)26/h2-4,9-11,13,17,19,33H,5-8,12H2,1H3,(H,30,34)(H,27,29,31). The van der Waals surface area contributed by atoms with Crippen LogP contribution in [0.3, 0.4) is 0 Å². The lowest BCUT2D eigenvalue weighted by Gasteiger charge is -2.23. The van der Waals surface area contributed by atoms with E-state index < -0.39 is 30.3 Å². The van der Waals surface area contributed by atoms with E-state index in [-0.39, 0.29) is 17.3 Å². The molecule has 9 nitrogen and oxygen atoms in total. The molecular weight excluding hydrogens is 465 g/mol. The van der Waals surface area contributed by atoms with Crippen LogP contribution in [0.2, 0.25) is 0 Å². The average molecular weight is 490 g/mol. The summed E-state index contributed by atoms with van der Waals surface area (Å²) in [6, 6.07) is 3.63. The Kier molecular flexibility index (Phi) is 7.31. The number of rotatable bonds is 7. The number of aryl methyl sites for hydroxylation is 1. The van der Waals surface area contributed by atoms with E-state index in [1.54, 1.807) is 10.8 Å². The Hall–Kier alpha value is -3.51. The number of nitrogens with one attached hydrogen (secondary N) is 2. The fraction of sp³-hybridized carbons (Fsp3) is 0.391. The summed E-state index contributed by atoms with van der Waals surface area (Å²) in [5.74, 6) is 0.326. The Morgan fingerprint density at radius 2 is 2.06 bits per heavy atom. The van der Waals surface area contributed by atoms with Crippen molar-refractivity contribution in [3.8, 4) is 5.82 Å². The molecule has 1 saturated heterocycles. The summed E-state index contributed by atoms with van der Waals surface area (Å²) in [6.07, 6.45) is 1.70. The van der Waals surface area contributed by atoms with Crippen LogP contribution in [-0.4, -0.2) is 56.4 Å². The van der Waals surface area contributed by atoms with Crippen molar-refractivity contribution >= 4 is 11.9 Å². The molecule has 3 heterocycles. The number of alkyl halides is 3. The Morgan fingerprint density at radius 1 is 1.29 bits per heavy atom. The number of aliphatic hydroxyl groups excluding tert-OH is 1. The molecule has 1 fully saturated rings. The van der Waals surface area contributed by atoms with Gasteiger partial charge in [0.1, 0.15) is 17.8 Å². The highest BCUT2D eigenvalue weighted by atomic mass is 19.4. The fourth-order valence-electron chi connectivity index (χ4n) is 3.74. The SMILES string of the molecule is Cc1cnc(NC2CCOCC2)nc1-n1cnc(C(=O)NC(CO)c2cccc(C(F)(F)F)c2)c1. The van der Waals surface area contributed by atoms with Gasteiger partial charge < -0.3 is 20.5 Å². The van der Waals surface area contributed by atoms with Gasteiger partial charge in [-0.1, -0.05) is 12.1 Å². The van der Waals surface area contributed by atoms with Crippen LogP contribution in [-0.2, 0) is 10.9 Å². The van der Waals surface area contributed by atoms with Gasteiger partial charge in [0.05, 0.1) is 18.2 Å². The van der Waals surface area contributed by atoms with E-state index in [1.165, 1.54) is 24.7 Å². The van der Waals surface area contributed by atoms with Gasteiger partial charge >= 0.3 is 6.18 Å². The maximum Gasteiger partial charge on any atom is 0.416 e. The first-order chi connectivity index (χ1) is 16.7. The number of aliphatic hydroxyl groups is 1. The van der Waals surface area contributed by atoms with Crippen molar-refractivity contribution in [2.24, 2.45) is 0 Å². The van der Waals surface area contributed by atoms with Crippen LogP contribution in [0.1, 0.15) is 46.1 Å². The number of carbonyl (C=O) groups is 1. The molecule has 1 aliphatic rings. The molecule has 1 unspecified atom stereocenters. The minimum absolute atomic E-state index is 0.0207. The van der Waals surface area contributed by atoms with E-state index in [2.05, 4.69) is 25.6 Å². The molecular formula is C23H25F3N6O3. The molecule has 3 N–H and O–H groups in total. The topological polar surface area (TPSA) is 114 Å². The summed E-state index contributed by atoms with van der Waals surface area (Å²) in [6.45, 7) is 2.58. The zero-order chi connectivity index (χ0) is 25.0. The molecule has 0 saturated carbocycles. The molecule has 1 aromatic carbocycles. The first-order valence-corrected chi connectivity index (χ1v) is 11.1. The predicted octanol–water partition coefficient (Wildman–Crippen LogP) is 3.04. The van der Waals surface area contributed by atoms with Gasteiger partial charge in [0, 0.05) is 37.2 Å². The summed E-state index contributed by atoms with van der Waals surface area (Å²) in [5.41, 5.74) is 0.0402. The normalized spacial score (nSPS) is 15.6. The lowest BCUT2D eigenvalue weighted by Crippen LogP contribution is -2.31. The van der Waals surface area contributed by atoms with Crippen LogP contribution >= 0.6 is 0 Å². The molecule has 1 amide bonds. The zero-order valence-electron chi connectivity index (χ0n) is 18.9. The maximum atomic E-state index is 13.0. The monoisotopic (exact) mass is 490 g/mol. The van der Waals surface area contributed by atoms with Crippen molar-refractivity contribution < 1.29 is 27.8 Å². The summed E-state index contributed by atoms with van der Waals surface area (Å²) in [4.78, 5) is 25.7. The molecule has 0 radical (unpaired) electrons. The van der Waals surface area contributed by atoms with E-state index >= 15 is 0 Å². The molecule has 1 aliphatic heterocycles. The van der Waals surface area contributed by atoms with Crippen molar-refractivity contribution in [3.63, 3.8) is 0 Å². The molecule has 0 spiro atoms. The maximum absolute atomic E-state index is 13.0. The molecule has 0 bridgehead atoms. The van der Waals surface area contributed by atoms with Gasteiger partial charge in [0.2, 0.25) is 5.95 Å². The highest BCUT2D eigenvalue weighted by Crippen LogP contribution is 2.30. The number of anilines is 1. The minimum Gasteiger partial charge on any atom is -0.394 e. The van der Waals surface area contributed by atoms with Gasteiger partial charge in [-0.15, -0.1) is 0 Å². The quantitative estimate of drug-likeness (QED) is 0.467. The van der Waals surface area contributed by atoms with Crippen LogP contribution in [0.4, 0.5) is 19.1 Å². The average Bonchev–Trinajstić information content (AvgIpc) is 3.34. The van der Waals surface area contributed by atoms with Crippen molar-refractivity contribution in [2.75, 3.05) is 25.1 Å². The van der Waals surface area contributed by atoms with Gasteiger partial charge in [0.15, 0.2) is 0 Å². The van der Waals surface area contributed by atoms with Gasteiger partial charge in [-0.05, 0) is 37.5 Å². The van der Waals surface area contributed by atoms with E-state index in [0.29, 0.717) is 25.0 Å². The number of carbonyl (C=O) groups excluding carboxylic acids is 1. The molecule has 1 atom stereocenters. The summed E-state index contributed by atoms with van der Waals surface area (Å²) in [7, 11) is 0. The Bertz CT molecular complexity index is 1180. The van der Waals surface area contributed by atoms with Gasteiger partial charge in [-0.2, -0.15) is 18.2 Å². The second kappa shape index (κ2) is 10.4. The first-order valence-electron chi connectivity index (χ1n) is 11.1. The van der Waals surface area contributed by atoms with Crippen LogP contribution in [0.25, 0.3) is 5.82 Å². The van der Waals surface area contributed by atoms with Gasteiger partial charge in [-0.25, -0.2) is 9.97 Å². The lowest BCUT2D eigenvalue weighted by atomic mass is 10.0. The molecule has 12 heteroatoms. The Balaban J connectivity index is 1.49. The zero-order valence-corrected chi connectivity index (χ0v) is 18.9. The third-order valence-corrected chi connectivity index (χ3v) is 5.66. The highest BCUT2D eigenvalue weighted by Gasteiger charge is 2.31. The number of hydrogen-bond acceptors (Lipinski definition) is 7. The largest absolute Gasteiger partial charge is 0.416 e. The van der Waals surface area contributed by atoms with Crippen molar-refractivity contribution in [3.05, 3.63) is 65.4 Å². The van der Waals surface area contributed by atoms with Gasteiger partial charge in [-0.3, -0.25) is 9.36 Å². The molecule has 35 heavy (non-hydrogen) atoms. The number of benzene rings is 1. The molecule has 186 valence electrons. The van der Waals surface area contributed by atoms with E-state index in [4.69, 9.17) is 4.74 Å². The first kappa shape index (κ1) is 24.6. The summed E-state index contributed by atoms with van der Waals surface area (Å²) >= 11 is 0. The number of aromatic nitrogens is 4. The van der Waals surface area contributed by atoms with E-state index in [9.17, 15) is 23.1 Å². The summed E-state index contributed by atoms with van der Waals surface area (Å²) < 4.78 is 46.0. The second-order valence-electron chi connectivity index (χ2n) is 8.23. The number of imidazole rings is 1. The van der Waals surface area contributed by atoms with E-state index in [1.807, 2.05) is 6.92 Å². The Morgan fingerprint density at radius 3 is 2.77 bits per heavy atom. The number of halogens is 3. The van der Waals surface area contributed by atoms with Crippen LogP contribution in [0, 0.1) is 6.92 Å². The van der Waals surface area contributed by atoms with Crippen LogP contribution in [0.15, 0.2) is 43.0 Å². The van der Waals surface area contributed by atoms with Crippen molar-refractivity contribution in [1.82, 2.24) is 24.8 Å². The molecule has 2 aromatic heterocycles. The third-order valence-electron chi connectivity index (χ3n) is 5.66. The highest BCUT2D eigenvalue weighted by molar-refractivity contribution is 5.92. The van der Waals surface area contributed by atoms with Crippen LogP contribution < -0.4 is 10.6 Å². The smallest absolute Gasteiger partial charge is 0.394 e. The van der Waals surface area contributed by atoms with Crippen molar-refractivity contribution in [1.29, 1.82) is 0 Å². The predicted molar refractivity (Wildman–Crippen MR) is 120 cm³/mol. The Labute approximate surface area is 199 Å². The summed E-state index contributed by atoms with van der Waals surface area (Å²) in [5, 5.41) is 15.5. The lowest BCUT2D eigenvalue weighted by molar-refractivity contribution is -0.137. The molecule has 4 rings (SSSR count). The van der Waals surface area contributed by atoms with Gasteiger partial charge in [0.25, 0.3) is 5.91 Å². The van der Waals surface area contributed by atoms with Crippen molar-refractivity contribution in [2.45, 2.75) is 38.0 Å². The van der Waals surface area contributed by atoms with E-state index in [0.717, 1.165) is 30.5 Å². The number of amides is 1. The molecule has 3 aromatic rings. The number of nitrogens with zero attached hydrogens (tertiary/aromatic N) is 4. The molecule has 0 aliphatic carbocycles. The fourth-order valence-corrected chi connectivity index (χ4v) is 3.74.